The molecular weight excluding hydrogens is 414 g/mol. The monoisotopic (exact) mass is 435 g/mol. The summed E-state index contributed by atoms with van der Waals surface area (Å²) in [6.45, 7) is 0. The van der Waals surface area contributed by atoms with Crippen molar-refractivity contribution in [3.8, 4) is 5.75 Å². The van der Waals surface area contributed by atoms with Crippen LogP contribution in [0.2, 0.25) is 0 Å². The van der Waals surface area contributed by atoms with Gasteiger partial charge in [-0.05, 0) is 48.7 Å². The highest BCUT2D eigenvalue weighted by Crippen LogP contribution is 2.26. The van der Waals surface area contributed by atoms with E-state index < -0.39 is 15.9 Å². The second kappa shape index (κ2) is 8.61. The highest BCUT2D eigenvalue weighted by Gasteiger charge is 2.20. The molecule has 0 unspecified atom stereocenters. The van der Waals surface area contributed by atoms with Crippen LogP contribution in [0, 0.1) is 0 Å². The molecule has 158 valence electrons. The van der Waals surface area contributed by atoms with Gasteiger partial charge in [0.2, 0.25) is 0 Å². The van der Waals surface area contributed by atoms with Crippen molar-refractivity contribution < 1.29 is 17.9 Å². The maximum absolute atomic E-state index is 12.8. The minimum absolute atomic E-state index is 0.0371. The minimum Gasteiger partial charge on any atom is -0.495 e. The van der Waals surface area contributed by atoms with E-state index in [9.17, 15) is 13.2 Å². The zero-order chi connectivity index (χ0) is 21.8. The predicted octanol–water partition coefficient (Wildman–Crippen LogP) is 3.58. The lowest BCUT2D eigenvalue weighted by atomic mass is 10.1. The van der Waals surface area contributed by atoms with E-state index in [4.69, 9.17) is 4.74 Å². The molecule has 0 atom stereocenters. The number of nitrogens with one attached hydrogen (secondary N) is 2. The molecule has 8 heteroatoms. The Morgan fingerprint density at radius 3 is 2.58 bits per heavy atom. The fourth-order valence-corrected chi connectivity index (χ4v) is 4.56. The van der Waals surface area contributed by atoms with Crippen LogP contribution in [0.15, 0.2) is 82.8 Å². The van der Waals surface area contributed by atoms with Crippen molar-refractivity contribution in [3.05, 3.63) is 89.5 Å². The maximum Gasteiger partial charge on any atom is 0.271 e. The maximum atomic E-state index is 12.8. The molecule has 1 amide bonds. The van der Waals surface area contributed by atoms with E-state index in [1.165, 1.54) is 30.9 Å². The number of carbonyl (C=O) groups is 1. The molecule has 7 nitrogen and oxygen atoms in total. The number of anilines is 1. The van der Waals surface area contributed by atoms with E-state index in [2.05, 4.69) is 15.2 Å². The number of aryl methyl sites for hydroxylation is 1. The largest absolute Gasteiger partial charge is 0.495 e. The van der Waals surface area contributed by atoms with Crippen molar-refractivity contribution in [1.82, 2.24) is 5.43 Å². The normalized spacial score (nSPS) is 14.2. The first-order valence-electron chi connectivity index (χ1n) is 9.69. The zero-order valence-corrected chi connectivity index (χ0v) is 17.6. The van der Waals surface area contributed by atoms with E-state index in [1.807, 2.05) is 24.3 Å². The van der Waals surface area contributed by atoms with Crippen molar-refractivity contribution in [2.45, 2.75) is 17.7 Å². The first-order chi connectivity index (χ1) is 15.0. The van der Waals surface area contributed by atoms with E-state index in [0.717, 1.165) is 24.1 Å². The number of benzene rings is 3. The number of hydrazone groups is 1. The standard InChI is InChI=1S/C23H21N3O4S/c1-30-22-12-5-4-11-21(22)26-31(28,29)18-9-6-8-17(15-18)23(27)25-24-20-14-13-16-7-2-3-10-19(16)20/h2-12,15,26H,13-14H2,1H3,(H,25,27). The molecule has 0 radical (unpaired) electrons. The van der Waals surface area contributed by atoms with E-state index in [-0.39, 0.29) is 10.5 Å². The van der Waals surface area contributed by atoms with Gasteiger partial charge in [-0.1, -0.05) is 42.5 Å². The molecule has 0 bridgehead atoms. The van der Waals surface area contributed by atoms with Crippen LogP contribution < -0.4 is 14.9 Å². The summed E-state index contributed by atoms with van der Waals surface area (Å²) in [5.41, 5.74) is 6.09. The van der Waals surface area contributed by atoms with Gasteiger partial charge < -0.3 is 4.74 Å². The van der Waals surface area contributed by atoms with Crippen LogP contribution in [0.1, 0.15) is 27.9 Å². The predicted molar refractivity (Wildman–Crippen MR) is 119 cm³/mol. The van der Waals surface area contributed by atoms with Crippen molar-refractivity contribution >= 4 is 27.3 Å². The van der Waals surface area contributed by atoms with Crippen LogP contribution in [0.25, 0.3) is 0 Å². The molecule has 0 aromatic heterocycles. The summed E-state index contributed by atoms with van der Waals surface area (Å²) in [5.74, 6) is -0.0844. The van der Waals surface area contributed by atoms with Crippen LogP contribution in [0.3, 0.4) is 0 Å². The van der Waals surface area contributed by atoms with E-state index in [0.29, 0.717) is 11.4 Å². The number of rotatable bonds is 6. The summed E-state index contributed by atoms with van der Waals surface area (Å²) in [5, 5.41) is 4.26. The van der Waals surface area contributed by atoms with E-state index >= 15 is 0 Å². The Balaban J connectivity index is 1.53. The van der Waals surface area contributed by atoms with Gasteiger partial charge in [-0.15, -0.1) is 0 Å². The number of sulfonamides is 1. The average Bonchev–Trinajstić information content (AvgIpc) is 3.21. The topological polar surface area (TPSA) is 96.9 Å². The third-order valence-corrected chi connectivity index (χ3v) is 6.37. The number of para-hydroxylation sites is 2. The second-order valence-electron chi connectivity index (χ2n) is 6.99. The Bertz CT molecular complexity index is 1270. The van der Waals surface area contributed by atoms with Gasteiger partial charge in [0, 0.05) is 11.1 Å². The molecule has 1 aliphatic rings. The molecule has 0 saturated heterocycles. The summed E-state index contributed by atoms with van der Waals surface area (Å²) in [6.07, 6.45) is 1.63. The minimum atomic E-state index is -3.92. The average molecular weight is 436 g/mol. The molecule has 31 heavy (non-hydrogen) atoms. The van der Waals surface area contributed by atoms with Crippen molar-refractivity contribution in [3.63, 3.8) is 0 Å². The SMILES string of the molecule is COc1ccccc1NS(=O)(=O)c1cccc(C(=O)NN=C2CCc3ccccc32)c1. The summed E-state index contributed by atoms with van der Waals surface area (Å²) in [7, 11) is -2.46. The number of nitrogens with zero attached hydrogens (tertiary/aromatic N) is 1. The fourth-order valence-electron chi connectivity index (χ4n) is 3.44. The Labute approximate surface area is 180 Å². The summed E-state index contributed by atoms with van der Waals surface area (Å²) in [6, 6.07) is 20.4. The van der Waals surface area contributed by atoms with Crippen LogP contribution in [-0.4, -0.2) is 27.1 Å². The molecule has 3 aromatic rings. The molecule has 0 heterocycles. The number of carbonyl (C=O) groups excluding carboxylic acids is 1. The lowest BCUT2D eigenvalue weighted by Gasteiger charge is -2.12. The Morgan fingerprint density at radius 2 is 1.74 bits per heavy atom. The van der Waals surface area contributed by atoms with Gasteiger partial charge in [0.25, 0.3) is 15.9 Å². The number of fused-ring (bicyclic) bond motifs is 1. The van der Waals surface area contributed by atoms with Gasteiger partial charge >= 0.3 is 0 Å². The summed E-state index contributed by atoms with van der Waals surface area (Å²) < 4.78 is 33.3. The lowest BCUT2D eigenvalue weighted by molar-refractivity contribution is 0.0954. The molecule has 2 N–H and O–H groups in total. The van der Waals surface area contributed by atoms with Gasteiger partial charge in [-0.2, -0.15) is 5.10 Å². The molecule has 1 aliphatic carbocycles. The molecule has 0 aliphatic heterocycles. The van der Waals surface area contributed by atoms with E-state index in [1.54, 1.807) is 30.3 Å². The first-order valence-corrected chi connectivity index (χ1v) is 11.2. The summed E-state index contributed by atoms with van der Waals surface area (Å²) in [4.78, 5) is 12.6. The number of ether oxygens (including phenoxy) is 1. The number of hydrogen-bond acceptors (Lipinski definition) is 5. The Morgan fingerprint density at radius 1 is 0.968 bits per heavy atom. The third-order valence-electron chi connectivity index (χ3n) is 5.01. The number of methoxy groups -OCH3 is 1. The van der Waals surface area contributed by atoms with Crippen LogP contribution in [-0.2, 0) is 16.4 Å². The Kier molecular flexibility index (Phi) is 5.73. The van der Waals surface area contributed by atoms with Crippen molar-refractivity contribution in [1.29, 1.82) is 0 Å². The number of hydrogen-bond donors (Lipinski definition) is 2. The molecule has 0 spiro atoms. The highest BCUT2D eigenvalue weighted by molar-refractivity contribution is 7.92. The van der Waals surface area contributed by atoms with Gasteiger partial charge in [-0.25, -0.2) is 13.8 Å². The fraction of sp³-hybridized carbons (Fsp3) is 0.130. The zero-order valence-electron chi connectivity index (χ0n) is 16.8. The molecule has 4 rings (SSSR count). The molecule has 0 saturated carbocycles. The quantitative estimate of drug-likeness (QED) is 0.579. The van der Waals surface area contributed by atoms with Gasteiger partial charge in [0.1, 0.15) is 5.75 Å². The first kappa shape index (κ1) is 20.6. The van der Waals surface area contributed by atoms with Gasteiger partial charge in [-0.3, -0.25) is 9.52 Å². The number of amides is 1. The van der Waals surface area contributed by atoms with Crippen LogP contribution in [0.5, 0.6) is 5.75 Å². The Hall–Kier alpha value is -3.65. The van der Waals surface area contributed by atoms with Crippen molar-refractivity contribution in [2.75, 3.05) is 11.8 Å². The molecule has 0 fully saturated rings. The smallest absolute Gasteiger partial charge is 0.271 e. The molecular formula is C23H21N3O4S. The third kappa shape index (κ3) is 4.44. The summed E-state index contributed by atoms with van der Waals surface area (Å²) >= 11 is 0. The lowest BCUT2D eigenvalue weighted by Crippen LogP contribution is -2.20. The second-order valence-corrected chi connectivity index (χ2v) is 8.67. The van der Waals surface area contributed by atoms with Crippen LogP contribution >= 0.6 is 0 Å². The van der Waals surface area contributed by atoms with Crippen LogP contribution in [0.4, 0.5) is 5.69 Å². The highest BCUT2D eigenvalue weighted by atomic mass is 32.2. The van der Waals surface area contributed by atoms with Gasteiger partial charge in [0.15, 0.2) is 0 Å². The molecule has 3 aromatic carbocycles. The van der Waals surface area contributed by atoms with Gasteiger partial charge in [0.05, 0.1) is 23.4 Å². The van der Waals surface area contributed by atoms with Crippen molar-refractivity contribution in [2.24, 2.45) is 5.10 Å².